The standard InChI is InChI=1S/C31H53N11O15/c1-13(2)8-16(25(51)42-20(12-44)28(54)37-15(30(56)57)5-6-22(46)47)38-26(52)17(9-21(33)45)39-27(53)18(10-23(48)49)40-29(55)19(11-43)41-24(50)14(32)4-3-7-36-31(34)35/h13-20,43-44H,3-12,32H2,1-2H3,(H2,33,45)(H,37,54)(H,38,52)(H,39,53)(H,40,55)(H,41,50)(H,42,51)(H,46,47)(H,48,49)(H,56,57)(H4,34,35,36)/t14-,15-,16-,17-,18-,19-,20-/m0/s1. The summed E-state index contributed by atoms with van der Waals surface area (Å²) in [6.07, 6.45) is -3.04. The average molecular weight is 820 g/mol. The predicted molar refractivity (Wildman–Crippen MR) is 194 cm³/mol. The molecule has 0 aliphatic heterocycles. The third-order valence-electron chi connectivity index (χ3n) is 7.59. The molecule has 7 amide bonds. The van der Waals surface area contributed by atoms with Gasteiger partial charge in [-0.1, -0.05) is 13.8 Å². The third kappa shape index (κ3) is 20.9. The van der Waals surface area contributed by atoms with E-state index in [4.69, 9.17) is 28.0 Å². The SMILES string of the molecule is CC(C)C[C@H](NC(=O)[C@H](CC(N)=O)NC(=O)[C@H](CC(=O)O)NC(=O)[C@H](CO)NC(=O)[C@@H](N)CCCN=C(N)N)C(=O)N[C@@H](CO)C(=O)N[C@@H](CCC(=O)O)C(=O)O. The number of rotatable bonds is 28. The highest BCUT2D eigenvalue weighted by Crippen LogP contribution is 2.08. The van der Waals surface area contributed by atoms with Gasteiger partial charge in [0.25, 0.3) is 0 Å². The van der Waals surface area contributed by atoms with Crippen molar-refractivity contribution in [3.8, 4) is 0 Å². The molecule has 7 atom stereocenters. The molecule has 26 nitrogen and oxygen atoms in total. The maximum Gasteiger partial charge on any atom is 0.326 e. The fraction of sp³-hybridized carbons (Fsp3) is 0.645. The number of aliphatic carboxylic acids is 3. The molecule has 19 N–H and O–H groups in total. The first-order valence-electron chi connectivity index (χ1n) is 17.3. The summed E-state index contributed by atoms with van der Waals surface area (Å²) in [4.78, 5) is 128. The van der Waals surface area contributed by atoms with Crippen molar-refractivity contribution in [1.29, 1.82) is 0 Å². The lowest BCUT2D eigenvalue weighted by atomic mass is 10.0. The van der Waals surface area contributed by atoms with E-state index in [-0.39, 0.29) is 37.7 Å². The molecule has 0 saturated heterocycles. The summed E-state index contributed by atoms with van der Waals surface area (Å²) < 4.78 is 0. The Morgan fingerprint density at radius 3 is 1.40 bits per heavy atom. The monoisotopic (exact) mass is 819 g/mol. The van der Waals surface area contributed by atoms with E-state index in [0.717, 1.165) is 0 Å². The summed E-state index contributed by atoms with van der Waals surface area (Å²) in [5.41, 5.74) is 21.5. The van der Waals surface area contributed by atoms with Gasteiger partial charge in [-0.25, -0.2) is 4.79 Å². The number of aliphatic imine (C=N–C) groups is 1. The van der Waals surface area contributed by atoms with E-state index in [1.807, 2.05) is 10.6 Å². The predicted octanol–water partition coefficient (Wildman–Crippen LogP) is -7.39. The number of carboxylic acid groups (broad SMARTS) is 3. The second-order valence-electron chi connectivity index (χ2n) is 13.0. The molecule has 0 radical (unpaired) electrons. The van der Waals surface area contributed by atoms with Gasteiger partial charge in [0.2, 0.25) is 41.4 Å². The van der Waals surface area contributed by atoms with Crippen molar-refractivity contribution in [2.45, 2.75) is 101 Å². The lowest BCUT2D eigenvalue weighted by Gasteiger charge is -2.27. The van der Waals surface area contributed by atoms with Crippen LogP contribution in [0.1, 0.15) is 58.8 Å². The largest absolute Gasteiger partial charge is 0.481 e. The van der Waals surface area contributed by atoms with E-state index in [1.54, 1.807) is 13.8 Å². The maximum absolute atomic E-state index is 13.4. The summed E-state index contributed by atoms with van der Waals surface area (Å²) in [5.74, 6) is -13.3. The fourth-order valence-corrected chi connectivity index (χ4v) is 4.70. The van der Waals surface area contributed by atoms with E-state index in [1.165, 1.54) is 0 Å². The zero-order valence-electron chi connectivity index (χ0n) is 31.3. The van der Waals surface area contributed by atoms with Crippen molar-refractivity contribution in [2.75, 3.05) is 19.8 Å². The Balaban J connectivity index is 6.04. The first-order chi connectivity index (χ1) is 26.5. The average Bonchev–Trinajstić information content (AvgIpc) is 3.10. The fourth-order valence-electron chi connectivity index (χ4n) is 4.70. The quantitative estimate of drug-likeness (QED) is 0.0198. The normalized spacial score (nSPS) is 14.5. The first kappa shape index (κ1) is 50.8. The van der Waals surface area contributed by atoms with Crippen molar-refractivity contribution < 1.29 is 73.5 Å². The zero-order valence-corrected chi connectivity index (χ0v) is 31.3. The topological polar surface area (TPSA) is 460 Å². The Kier molecular flexibility index (Phi) is 23.1. The molecule has 0 bridgehead atoms. The third-order valence-corrected chi connectivity index (χ3v) is 7.59. The van der Waals surface area contributed by atoms with Crippen LogP contribution in [0.3, 0.4) is 0 Å². The number of hydrogen-bond donors (Lipinski definition) is 15. The van der Waals surface area contributed by atoms with E-state index in [9.17, 15) is 68.4 Å². The number of aliphatic hydroxyl groups excluding tert-OH is 2. The molecule has 0 aromatic heterocycles. The molecule has 0 unspecified atom stereocenters. The molecule has 322 valence electrons. The van der Waals surface area contributed by atoms with Crippen LogP contribution in [0.2, 0.25) is 0 Å². The first-order valence-corrected chi connectivity index (χ1v) is 17.3. The van der Waals surface area contributed by atoms with E-state index in [0.29, 0.717) is 0 Å². The number of primary amides is 1. The van der Waals surface area contributed by atoms with Gasteiger partial charge in [0.15, 0.2) is 5.96 Å². The Morgan fingerprint density at radius 1 is 0.561 bits per heavy atom. The smallest absolute Gasteiger partial charge is 0.326 e. The second-order valence-corrected chi connectivity index (χ2v) is 13.0. The summed E-state index contributed by atoms with van der Waals surface area (Å²) in [6, 6.07) is -11.9. The minimum absolute atomic E-state index is 0.0518. The van der Waals surface area contributed by atoms with Crippen molar-refractivity contribution in [1.82, 2.24) is 31.9 Å². The number of carboxylic acids is 3. The number of aliphatic hydroxyl groups is 2. The van der Waals surface area contributed by atoms with E-state index in [2.05, 4.69) is 26.3 Å². The minimum Gasteiger partial charge on any atom is -0.481 e. The number of nitrogens with zero attached hydrogens (tertiary/aromatic N) is 1. The van der Waals surface area contributed by atoms with Gasteiger partial charge in [0, 0.05) is 13.0 Å². The van der Waals surface area contributed by atoms with Crippen molar-refractivity contribution >= 4 is 65.2 Å². The summed E-state index contributed by atoms with van der Waals surface area (Å²) in [7, 11) is 0. The number of guanidine groups is 1. The highest BCUT2D eigenvalue weighted by molar-refractivity contribution is 5.99. The molecule has 0 heterocycles. The molecule has 0 aliphatic carbocycles. The molecule has 0 saturated carbocycles. The van der Waals surface area contributed by atoms with Gasteiger partial charge >= 0.3 is 17.9 Å². The molecule has 26 heteroatoms. The van der Waals surface area contributed by atoms with Gasteiger partial charge in [0.05, 0.1) is 32.1 Å². The molecule has 0 aliphatic rings. The van der Waals surface area contributed by atoms with Crippen LogP contribution in [0.15, 0.2) is 4.99 Å². The van der Waals surface area contributed by atoms with Crippen LogP contribution in [-0.4, -0.2) is 153 Å². The highest BCUT2D eigenvalue weighted by Gasteiger charge is 2.35. The lowest BCUT2D eigenvalue weighted by Crippen LogP contribution is -2.61. The molecule has 0 rings (SSSR count). The van der Waals surface area contributed by atoms with Gasteiger partial charge in [-0.3, -0.25) is 48.1 Å². The number of carbonyl (C=O) groups excluding carboxylic acids is 7. The summed E-state index contributed by atoms with van der Waals surface area (Å²) >= 11 is 0. The van der Waals surface area contributed by atoms with Gasteiger partial charge in [-0.15, -0.1) is 0 Å². The lowest BCUT2D eigenvalue weighted by molar-refractivity contribution is -0.144. The molecule has 57 heavy (non-hydrogen) atoms. The molecule has 0 spiro atoms. The number of amides is 7. The van der Waals surface area contributed by atoms with Crippen LogP contribution in [-0.2, 0) is 47.9 Å². The highest BCUT2D eigenvalue weighted by atomic mass is 16.4. The number of carbonyl (C=O) groups is 10. The van der Waals surface area contributed by atoms with Crippen molar-refractivity contribution in [3.63, 3.8) is 0 Å². The van der Waals surface area contributed by atoms with Gasteiger partial charge in [0.1, 0.15) is 36.3 Å². The Morgan fingerprint density at radius 2 is 0.982 bits per heavy atom. The number of hydrogen-bond acceptors (Lipinski definition) is 14. The van der Waals surface area contributed by atoms with E-state index < -0.39 is 140 Å². The van der Waals surface area contributed by atoms with Gasteiger partial charge in [-0.2, -0.15) is 0 Å². The number of nitrogens with two attached hydrogens (primary N) is 4. The van der Waals surface area contributed by atoms with Crippen LogP contribution < -0.4 is 54.8 Å². The van der Waals surface area contributed by atoms with Crippen LogP contribution in [0.25, 0.3) is 0 Å². The summed E-state index contributed by atoms with van der Waals surface area (Å²) in [5, 5.41) is 59.7. The molecule has 0 aromatic carbocycles. The summed E-state index contributed by atoms with van der Waals surface area (Å²) in [6.45, 7) is 1.27. The van der Waals surface area contributed by atoms with Crippen LogP contribution in [0.4, 0.5) is 0 Å². The van der Waals surface area contributed by atoms with Crippen LogP contribution >= 0.6 is 0 Å². The molecule has 0 fully saturated rings. The van der Waals surface area contributed by atoms with Gasteiger partial charge < -0.3 is 80.4 Å². The zero-order chi connectivity index (χ0) is 44.0. The maximum atomic E-state index is 13.4. The Hall–Kier alpha value is -6.15. The molecule has 0 aromatic rings. The van der Waals surface area contributed by atoms with Crippen molar-refractivity contribution in [2.24, 2.45) is 33.8 Å². The second kappa shape index (κ2) is 25.8. The van der Waals surface area contributed by atoms with Crippen LogP contribution in [0.5, 0.6) is 0 Å². The van der Waals surface area contributed by atoms with E-state index >= 15 is 0 Å². The Labute approximate surface area is 325 Å². The Bertz CT molecular complexity index is 1490. The molecular formula is C31H53N11O15. The minimum atomic E-state index is -1.99. The molecular weight excluding hydrogens is 766 g/mol. The van der Waals surface area contributed by atoms with Crippen LogP contribution in [0, 0.1) is 5.92 Å². The number of nitrogens with one attached hydrogen (secondary N) is 6. The van der Waals surface area contributed by atoms with Crippen molar-refractivity contribution in [3.05, 3.63) is 0 Å². The van der Waals surface area contributed by atoms with Gasteiger partial charge in [-0.05, 0) is 31.6 Å².